The Bertz CT molecular complexity index is 384. The van der Waals surface area contributed by atoms with Crippen molar-refractivity contribution in [3.8, 4) is 0 Å². The normalized spacial score (nSPS) is 18.6. The van der Waals surface area contributed by atoms with Crippen molar-refractivity contribution in [1.29, 1.82) is 0 Å². The summed E-state index contributed by atoms with van der Waals surface area (Å²) in [6, 6.07) is 0.263. The average Bonchev–Trinajstić information content (AvgIpc) is 2.58. The molecule has 1 unspecified atom stereocenters. The lowest BCUT2D eigenvalue weighted by Gasteiger charge is -2.18. The fourth-order valence-electron chi connectivity index (χ4n) is 2.32. The third-order valence-electron chi connectivity index (χ3n) is 3.27. The van der Waals surface area contributed by atoms with Gasteiger partial charge in [-0.3, -0.25) is 11.3 Å². The Hall–Kier alpha value is -0.710. The van der Waals surface area contributed by atoms with Gasteiger partial charge in [0.15, 0.2) is 0 Å². The zero-order valence-corrected chi connectivity index (χ0v) is 11.2. The fourth-order valence-corrected chi connectivity index (χ4v) is 3.14. The van der Waals surface area contributed by atoms with Crippen molar-refractivity contribution in [1.82, 2.24) is 10.4 Å². The highest BCUT2D eigenvalue weighted by molar-refractivity contribution is 7.09. The number of allylic oxidation sites excluding steroid dienone is 1. The first kappa shape index (κ1) is 12.7. The number of nitrogens with one attached hydrogen (secondary N) is 1. The largest absolute Gasteiger partial charge is 0.271 e. The summed E-state index contributed by atoms with van der Waals surface area (Å²) in [5.74, 6) is 5.70. The fraction of sp³-hybridized carbons (Fsp3) is 0.615. The molecule has 0 aromatic carbocycles. The van der Waals surface area contributed by atoms with Gasteiger partial charge in [-0.2, -0.15) is 0 Å². The lowest BCUT2D eigenvalue weighted by molar-refractivity contribution is 0.563. The number of rotatable bonds is 4. The molecule has 0 saturated carbocycles. The van der Waals surface area contributed by atoms with E-state index in [4.69, 9.17) is 5.84 Å². The van der Waals surface area contributed by atoms with E-state index in [1.54, 1.807) is 11.3 Å². The Kier molecular flexibility index (Phi) is 4.71. The molecule has 1 aliphatic carbocycles. The van der Waals surface area contributed by atoms with Crippen LogP contribution < -0.4 is 11.3 Å². The highest BCUT2D eigenvalue weighted by atomic mass is 32.1. The molecular weight excluding hydrogens is 230 g/mol. The summed E-state index contributed by atoms with van der Waals surface area (Å²) in [6.07, 6.45) is 9.62. The number of aromatic nitrogens is 1. The maximum absolute atomic E-state index is 5.70. The Morgan fingerprint density at radius 2 is 2.35 bits per heavy atom. The zero-order chi connectivity index (χ0) is 12.1. The summed E-state index contributed by atoms with van der Waals surface area (Å²) >= 11 is 1.73. The van der Waals surface area contributed by atoms with Gasteiger partial charge in [-0.05, 0) is 32.6 Å². The molecule has 1 aromatic heterocycles. The van der Waals surface area contributed by atoms with Crippen LogP contribution in [0.3, 0.4) is 0 Å². The van der Waals surface area contributed by atoms with Gasteiger partial charge in [0.1, 0.15) is 0 Å². The van der Waals surface area contributed by atoms with Crippen LogP contribution in [0.1, 0.15) is 42.8 Å². The highest BCUT2D eigenvalue weighted by Gasteiger charge is 2.16. The van der Waals surface area contributed by atoms with Gasteiger partial charge >= 0.3 is 0 Å². The molecule has 94 valence electrons. The second-order valence-electron chi connectivity index (χ2n) is 4.68. The molecular formula is C13H21N3S. The molecule has 1 heterocycles. The van der Waals surface area contributed by atoms with Gasteiger partial charge in [-0.1, -0.05) is 18.1 Å². The standard InChI is InChI=1S/C13H21N3S/c1-10-9-17-13(15-10)8-12(16-14)11-6-4-2-3-5-7-11/h6,9,12,16H,2-5,7-8,14H2,1H3. The molecule has 0 spiro atoms. The second-order valence-corrected chi connectivity index (χ2v) is 5.63. The van der Waals surface area contributed by atoms with Gasteiger partial charge in [0, 0.05) is 23.5 Å². The number of aryl methyl sites for hydroxylation is 1. The van der Waals surface area contributed by atoms with E-state index in [-0.39, 0.29) is 6.04 Å². The summed E-state index contributed by atoms with van der Waals surface area (Å²) in [6.45, 7) is 2.04. The number of hydrogen-bond acceptors (Lipinski definition) is 4. The molecule has 0 radical (unpaired) electrons. The van der Waals surface area contributed by atoms with E-state index in [0.29, 0.717) is 0 Å². The predicted octanol–water partition coefficient (Wildman–Crippen LogP) is 2.72. The monoisotopic (exact) mass is 251 g/mol. The molecule has 2 rings (SSSR count). The Labute approximate surface area is 107 Å². The quantitative estimate of drug-likeness (QED) is 0.491. The number of nitrogens with two attached hydrogens (primary N) is 1. The van der Waals surface area contributed by atoms with Crippen LogP contribution in [0.5, 0.6) is 0 Å². The number of nitrogens with zero attached hydrogens (tertiary/aromatic N) is 1. The molecule has 0 saturated heterocycles. The van der Waals surface area contributed by atoms with E-state index in [9.17, 15) is 0 Å². The van der Waals surface area contributed by atoms with E-state index in [0.717, 1.165) is 12.1 Å². The van der Waals surface area contributed by atoms with Crippen LogP contribution in [0.4, 0.5) is 0 Å². The van der Waals surface area contributed by atoms with Crippen LogP contribution in [0, 0.1) is 6.92 Å². The lowest BCUT2D eigenvalue weighted by atomic mass is 10.00. The van der Waals surface area contributed by atoms with Crippen molar-refractivity contribution in [2.45, 2.75) is 51.5 Å². The van der Waals surface area contributed by atoms with Crippen molar-refractivity contribution in [2.24, 2.45) is 5.84 Å². The second kappa shape index (κ2) is 6.28. The topological polar surface area (TPSA) is 50.9 Å². The van der Waals surface area contributed by atoms with Crippen molar-refractivity contribution < 1.29 is 0 Å². The SMILES string of the molecule is Cc1csc(CC(NN)C2=CCCCCC2)n1. The minimum Gasteiger partial charge on any atom is -0.271 e. The molecule has 3 N–H and O–H groups in total. The molecule has 1 aromatic rings. The molecule has 0 amide bonds. The molecule has 0 aliphatic heterocycles. The number of hydrogen-bond donors (Lipinski definition) is 2. The maximum atomic E-state index is 5.70. The van der Waals surface area contributed by atoms with Crippen LogP contribution in [-0.2, 0) is 6.42 Å². The summed E-state index contributed by atoms with van der Waals surface area (Å²) in [5.41, 5.74) is 5.53. The van der Waals surface area contributed by atoms with E-state index < -0.39 is 0 Å². The van der Waals surface area contributed by atoms with Gasteiger partial charge in [-0.15, -0.1) is 11.3 Å². The van der Waals surface area contributed by atoms with E-state index >= 15 is 0 Å². The minimum atomic E-state index is 0.263. The molecule has 1 atom stereocenters. The van der Waals surface area contributed by atoms with Gasteiger partial charge in [0.25, 0.3) is 0 Å². The zero-order valence-electron chi connectivity index (χ0n) is 10.4. The van der Waals surface area contributed by atoms with Crippen molar-refractivity contribution >= 4 is 11.3 Å². The van der Waals surface area contributed by atoms with Gasteiger partial charge in [0.05, 0.1) is 5.01 Å². The molecule has 0 bridgehead atoms. The van der Waals surface area contributed by atoms with Crippen molar-refractivity contribution in [3.63, 3.8) is 0 Å². The lowest BCUT2D eigenvalue weighted by Crippen LogP contribution is -2.38. The molecule has 0 fully saturated rings. The van der Waals surface area contributed by atoms with Gasteiger partial charge < -0.3 is 0 Å². The Balaban J connectivity index is 2.02. The average molecular weight is 251 g/mol. The van der Waals surface area contributed by atoms with Crippen LogP contribution >= 0.6 is 11.3 Å². The predicted molar refractivity (Wildman–Crippen MR) is 72.8 cm³/mol. The van der Waals surface area contributed by atoms with Gasteiger partial charge in [-0.25, -0.2) is 4.98 Å². The Morgan fingerprint density at radius 1 is 1.47 bits per heavy atom. The summed E-state index contributed by atoms with van der Waals surface area (Å²) in [5, 5.41) is 3.28. The van der Waals surface area contributed by atoms with Crippen molar-refractivity contribution in [3.05, 3.63) is 27.7 Å². The van der Waals surface area contributed by atoms with Crippen LogP contribution in [0.25, 0.3) is 0 Å². The molecule has 3 nitrogen and oxygen atoms in total. The van der Waals surface area contributed by atoms with Crippen LogP contribution in [0.15, 0.2) is 17.0 Å². The first-order valence-corrected chi connectivity index (χ1v) is 7.23. The van der Waals surface area contributed by atoms with Crippen molar-refractivity contribution in [2.75, 3.05) is 0 Å². The van der Waals surface area contributed by atoms with Crippen LogP contribution in [-0.4, -0.2) is 11.0 Å². The first-order chi connectivity index (χ1) is 8.29. The molecule has 4 heteroatoms. The summed E-state index contributed by atoms with van der Waals surface area (Å²) in [4.78, 5) is 4.51. The third-order valence-corrected chi connectivity index (χ3v) is 4.26. The maximum Gasteiger partial charge on any atom is 0.0947 e. The first-order valence-electron chi connectivity index (χ1n) is 6.35. The highest BCUT2D eigenvalue weighted by Crippen LogP contribution is 2.22. The Morgan fingerprint density at radius 3 is 3.06 bits per heavy atom. The number of hydrazine groups is 1. The number of thiazole rings is 1. The van der Waals surface area contributed by atoms with E-state index in [2.05, 4.69) is 21.9 Å². The smallest absolute Gasteiger partial charge is 0.0947 e. The minimum absolute atomic E-state index is 0.263. The van der Waals surface area contributed by atoms with Crippen LogP contribution in [0.2, 0.25) is 0 Å². The van der Waals surface area contributed by atoms with E-state index in [1.165, 1.54) is 42.7 Å². The molecule has 1 aliphatic rings. The molecule has 17 heavy (non-hydrogen) atoms. The van der Waals surface area contributed by atoms with Gasteiger partial charge in [0.2, 0.25) is 0 Å². The third kappa shape index (κ3) is 3.63. The van der Waals surface area contributed by atoms with E-state index in [1.807, 2.05) is 6.92 Å². The summed E-state index contributed by atoms with van der Waals surface area (Å²) < 4.78 is 0. The summed E-state index contributed by atoms with van der Waals surface area (Å²) in [7, 11) is 0.